The fourth-order valence-electron chi connectivity index (χ4n) is 5.21. The molecule has 172 valence electrons. The number of amides is 2. The van der Waals surface area contributed by atoms with Crippen molar-refractivity contribution < 1.29 is 9.59 Å². The number of carbonyl (C=O) groups excluding carboxylic acids is 2. The van der Waals surface area contributed by atoms with E-state index in [-0.39, 0.29) is 24.3 Å². The SMILES string of the molecule is Cc1cccc(N2CC(c3nc4ccccc4n3CC(=O)N3CCC(C)CC3)CC2=O)c1C. The standard InChI is InChI=1S/C27H32N4O2/c1-18-11-13-29(14-12-18)26(33)17-31-24-9-5-4-8-22(24)28-27(31)21-15-25(32)30(16-21)23-10-6-7-19(2)20(23)3/h4-10,18,21H,11-17H2,1-3H3. The zero-order chi connectivity index (χ0) is 23.1. The molecule has 2 fully saturated rings. The van der Waals surface area contributed by atoms with Crippen molar-refractivity contribution in [3.05, 3.63) is 59.4 Å². The van der Waals surface area contributed by atoms with E-state index in [4.69, 9.17) is 4.98 Å². The number of aryl methyl sites for hydroxylation is 1. The van der Waals surface area contributed by atoms with Gasteiger partial charge >= 0.3 is 0 Å². The zero-order valence-corrected chi connectivity index (χ0v) is 19.8. The predicted octanol–water partition coefficient (Wildman–Crippen LogP) is 4.43. The number of imidazole rings is 1. The summed E-state index contributed by atoms with van der Waals surface area (Å²) in [6.45, 7) is 8.90. The summed E-state index contributed by atoms with van der Waals surface area (Å²) in [5.41, 5.74) is 5.13. The molecule has 2 saturated heterocycles. The number of carbonyl (C=O) groups is 2. The van der Waals surface area contributed by atoms with Crippen molar-refractivity contribution in [2.45, 2.75) is 52.5 Å². The Morgan fingerprint density at radius 2 is 1.82 bits per heavy atom. The van der Waals surface area contributed by atoms with Crippen LogP contribution in [-0.2, 0) is 16.1 Å². The third-order valence-electron chi connectivity index (χ3n) is 7.47. The molecule has 0 bridgehead atoms. The van der Waals surface area contributed by atoms with Crippen LogP contribution in [-0.4, -0.2) is 45.9 Å². The first-order valence-corrected chi connectivity index (χ1v) is 12.0. The van der Waals surface area contributed by atoms with Crippen LogP contribution in [0.15, 0.2) is 42.5 Å². The highest BCUT2D eigenvalue weighted by atomic mass is 16.2. The van der Waals surface area contributed by atoms with Gasteiger partial charge in [-0.15, -0.1) is 0 Å². The van der Waals surface area contributed by atoms with Gasteiger partial charge in [0.25, 0.3) is 0 Å². The van der Waals surface area contributed by atoms with Gasteiger partial charge in [-0.2, -0.15) is 0 Å². The van der Waals surface area contributed by atoms with Crippen LogP contribution in [0.25, 0.3) is 11.0 Å². The molecule has 1 unspecified atom stereocenters. The van der Waals surface area contributed by atoms with E-state index in [0.29, 0.717) is 18.9 Å². The summed E-state index contributed by atoms with van der Waals surface area (Å²) in [6, 6.07) is 14.1. The molecule has 0 radical (unpaired) electrons. The van der Waals surface area contributed by atoms with Crippen LogP contribution in [0.1, 0.15) is 49.1 Å². The van der Waals surface area contributed by atoms with Crippen molar-refractivity contribution in [3.63, 3.8) is 0 Å². The van der Waals surface area contributed by atoms with Gasteiger partial charge in [0, 0.05) is 37.7 Å². The highest BCUT2D eigenvalue weighted by molar-refractivity contribution is 5.97. The minimum Gasteiger partial charge on any atom is -0.341 e. The average molecular weight is 445 g/mol. The summed E-state index contributed by atoms with van der Waals surface area (Å²) in [4.78, 5) is 35.1. The van der Waals surface area contributed by atoms with E-state index < -0.39 is 0 Å². The van der Waals surface area contributed by atoms with Gasteiger partial charge in [0.2, 0.25) is 11.8 Å². The fourth-order valence-corrected chi connectivity index (χ4v) is 5.21. The molecule has 0 N–H and O–H groups in total. The smallest absolute Gasteiger partial charge is 0.242 e. The maximum absolute atomic E-state index is 13.2. The molecule has 1 aromatic heterocycles. The summed E-state index contributed by atoms with van der Waals surface area (Å²) < 4.78 is 2.06. The number of fused-ring (bicyclic) bond motifs is 1. The number of piperidine rings is 1. The Kier molecular flexibility index (Phi) is 5.69. The second-order valence-corrected chi connectivity index (χ2v) is 9.73. The number of hydrogen-bond acceptors (Lipinski definition) is 3. The summed E-state index contributed by atoms with van der Waals surface area (Å²) in [7, 11) is 0. The molecular weight excluding hydrogens is 412 g/mol. The van der Waals surface area contributed by atoms with Gasteiger partial charge in [-0.25, -0.2) is 4.98 Å². The highest BCUT2D eigenvalue weighted by Gasteiger charge is 2.36. The Labute approximate surface area is 195 Å². The molecule has 1 atom stereocenters. The summed E-state index contributed by atoms with van der Waals surface area (Å²) in [5.74, 6) is 1.74. The van der Waals surface area contributed by atoms with Crippen molar-refractivity contribution in [2.75, 3.05) is 24.5 Å². The van der Waals surface area contributed by atoms with Crippen molar-refractivity contribution >= 4 is 28.5 Å². The van der Waals surface area contributed by atoms with Crippen LogP contribution in [0.3, 0.4) is 0 Å². The number of aromatic nitrogens is 2. The van der Waals surface area contributed by atoms with Crippen LogP contribution < -0.4 is 4.90 Å². The number of nitrogens with zero attached hydrogens (tertiary/aromatic N) is 4. The van der Waals surface area contributed by atoms with Crippen molar-refractivity contribution in [1.82, 2.24) is 14.5 Å². The molecule has 0 spiro atoms. The van der Waals surface area contributed by atoms with Crippen LogP contribution >= 0.6 is 0 Å². The molecule has 2 aliphatic heterocycles. The van der Waals surface area contributed by atoms with Gasteiger partial charge in [0.15, 0.2) is 0 Å². The molecule has 0 aliphatic carbocycles. The lowest BCUT2D eigenvalue weighted by atomic mass is 9.99. The number of hydrogen-bond donors (Lipinski definition) is 0. The lowest BCUT2D eigenvalue weighted by molar-refractivity contribution is -0.133. The van der Waals surface area contributed by atoms with Gasteiger partial charge in [0.05, 0.1) is 11.0 Å². The van der Waals surface area contributed by atoms with Crippen molar-refractivity contribution in [3.8, 4) is 0 Å². The Balaban J connectivity index is 1.45. The molecule has 3 aromatic rings. The monoisotopic (exact) mass is 444 g/mol. The average Bonchev–Trinajstić information content (AvgIpc) is 3.37. The fraction of sp³-hybridized carbons (Fsp3) is 0.444. The molecule has 2 aromatic carbocycles. The molecule has 5 rings (SSSR count). The van der Waals surface area contributed by atoms with Gasteiger partial charge in [0.1, 0.15) is 12.4 Å². The first-order chi connectivity index (χ1) is 15.9. The topological polar surface area (TPSA) is 58.4 Å². The molecular formula is C27H32N4O2. The van der Waals surface area contributed by atoms with Gasteiger partial charge in [-0.1, -0.05) is 31.2 Å². The molecule has 3 heterocycles. The van der Waals surface area contributed by atoms with E-state index in [9.17, 15) is 9.59 Å². The third kappa shape index (κ3) is 4.03. The number of para-hydroxylation sites is 2. The molecule has 2 amide bonds. The third-order valence-corrected chi connectivity index (χ3v) is 7.47. The van der Waals surface area contributed by atoms with E-state index in [1.165, 1.54) is 5.56 Å². The Bertz CT molecular complexity index is 1210. The zero-order valence-electron chi connectivity index (χ0n) is 19.8. The largest absolute Gasteiger partial charge is 0.341 e. The number of rotatable bonds is 4. The van der Waals surface area contributed by atoms with Gasteiger partial charge in [-0.05, 0) is 61.9 Å². The molecule has 0 saturated carbocycles. The normalized spacial score (nSPS) is 19.6. The molecule has 2 aliphatic rings. The number of likely N-dealkylation sites (tertiary alicyclic amines) is 1. The second-order valence-electron chi connectivity index (χ2n) is 9.73. The number of benzene rings is 2. The Morgan fingerprint density at radius 1 is 1.06 bits per heavy atom. The van der Waals surface area contributed by atoms with E-state index in [0.717, 1.165) is 54.0 Å². The van der Waals surface area contributed by atoms with E-state index >= 15 is 0 Å². The first-order valence-electron chi connectivity index (χ1n) is 12.0. The quantitative estimate of drug-likeness (QED) is 0.598. The predicted molar refractivity (Wildman–Crippen MR) is 130 cm³/mol. The van der Waals surface area contributed by atoms with Gasteiger partial charge < -0.3 is 14.4 Å². The summed E-state index contributed by atoms with van der Waals surface area (Å²) in [6.07, 6.45) is 2.53. The first kappa shape index (κ1) is 21.7. The summed E-state index contributed by atoms with van der Waals surface area (Å²) in [5, 5.41) is 0. The van der Waals surface area contributed by atoms with E-state index in [2.05, 4.69) is 31.4 Å². The van der Waals surface area contributed by atoms with Crippen LogP contribution in [0.2, 0.25) is 0 Å². The Hall–Kier alpha value is -3.15. The highest BCUT2D eigenvalue weighted by Crippen LogP contribution is 2.35. The van der Waals surface area contributed by atoms with Crippen molar-refractivity contribution in [1.29, 1.82) is 0 Å². The minimum atomic E-state index is -0.0426. The van der Waals surface area contributed by atoms with E-state index in [1.807, 2.05) is 46.2 Å². The van der Waals surface area contributed by atoms with Crippen LogP contribution in [0.4, 0.5) is 5.69 Å². The molecule has 6 heteroatoms. The lowest BCUT2D eigenvalue weighted by Crippen LogP contribution is -2.40. The Morgan fingerprint density at radius 3 is 2.61 bits per heavy atom. The summed E-state index contributed by atoms with van der Waals surface area (Å²) >= 11 is 0. The number of anilines is 1. The molecule has 33 heavy (non-hydrogen) atoms. The minimum absolute atomic E-state index is 0.0426. The van der Waals surface area contributed by atoms with Gasteiger partial charge in [-0.3, -0.25) is 9.59 Å². The van der Waals surface area contributed by atoms with Crippen molar-refractivity contribution in [2.24, 2.45) is 5.92 Å². The van der Waals surface area contributed by atoms with Crippen LogP contribution in [0.5, 0.6) is 0 Å². The van der Waals surface area contributed by atoms with E-state index in [1.54, 1.807) is 0 Å². The molecule has 6 nitrogen and oxygen atoms in total. The maximum Gasteiger partial charge on any atom is 0.242 e. The van der Waals surface area contributed by atoms with Crippen LogP contribution in [0, 0.1) is 19.8 Å². The second kappa shape index (κ2) is 8.65. The lowest BCUT2D eigenvalue weighted by Gasteiger charge is -2.30. The maximum atomic E-state index is 13.2.